The Morgan fingerprint density at radius 3 is 2.68 bits per heavy atom. The Kier molecular flexibility index (Phi) is 4.71. The van der Waals surface area contributed by atoms with Gasteiger partial charge in [-0.1, -0.05) is 28.9 Å². The number of halogens is 1. The summed E-state index contributed by atoms with van der Waals surface area (Å²) in [7, 11) is 0. The molecule has 126 valence electrons. The number of hydrogen-bond donors (Lipinski definition) is 0. The number of esters is 1. The predicted molar refractivity (Wildman–Crippen MR) is 87.0 cm³/mol. The lowest BCUT2D eigenvalue weighted by atomic mass is 10.2. The molecular formula is C16H10ClN3O5. The van der Waals surface area contributed by atoms with Crippen molar-refractivity contribution in [1.82, 2.24) is 10.1 Å². The normalized spacial score (nSPS) is 10.4. The molecule has 0 spiro atoms. The Bertz CT molecular complexity index is 924. The van der Waals surface area contributed by atoms with E-state index in [1.54, 1.807) is 24.3 Å². The van der Waals surface area contributed by atoms with Gasteiger partial charge in [0.05, 0.1) is 10.5 Å². The number of nitrogens with zero attached hydrogens (tertiary/aromatic N) is 3. The van der Waals surface area contributed by atoms with Crippen LogP contribution in [0.25, 0.3) is 11.4 Å². The highest BCUT2D eigenvalue weighted by molar-refractivity contribution is 6.30. The molecule has 0 aliphatic rings. The Labute approximate surface area is 146 Å². The minimum atomic E-state index is -0.655. The Hall–Kier alpha value is -3.26. The van der Waals surface area contributed by atoms with Gasteiger partial charge in [-0.05, 0) is 24.3 Å². The number of nitro groups is 1. The zero-order valence-corrected chi connectivity index (χ0v) is 13.3. The summed E-state index contributed by atoms with van der Waals surface area (Å²) in [5, 5.41) is 14.9. The van der Waals surface area contributed by atoms with Gasteiger partial charge in [0.1, 0.15) is 0 Å². The SMILES string of the molecule is O=C(OCc1nc(-c2cccc(Cl)c2)no1)c1ccc([N+](=O)[O-])cc1. The summed E-state index contributed by atoms with van der Waals surface area (Å²) in [6.45, 7) is -0.219. The number of nitro benzene ring substituents is 1. The summed E-state index contributed by atoms with van der Waals surface area (Å²) in [4.78, 5) is 26.1. The maximum atomic E-state index is 11.9. The van der Waals surface area contributed by atoms with E-state index in [0.717, 1.165) is 0 Å². The number of aromatic nitrogens is 2. The number of carbonyl (C=O) groups is 1. The summed E-state index contributed by atoms with van der Waals surface area (Å²) in [6, 6.07) is 12.0. The fraction of sp³-hybridized carbons (Fsp3) is 0.0625. The van der Waals surface area contributed by atoms with Crippen molar-refractivity contribution in [1.29, 1.82) is 0 Å². The molecule has 3 aromatic rings. The lowest BCUT2D eigenvalue weighted by Gasteiger charge is -2.01. The number of non-ortho nitro benzene ring substituents is 1. The van der Waals surface area contributed by atoms with Crippen LogP contribution in [-0.2, 0) is 11.3 Å². The van der Waals surface area contributed by atoms with Gasteiger partial charge < -0.3 is 9.26 Å². The van der Waals surface area contributed by atoms with Crippen molar-refractivity contribution in [3.63, 3.8) is 0 Å². The van der Waals surface area contributed by atoms with Crippen LogP contribution in [0.15, 0.2) is 53.1 Å². The molecule has 0 aliphatic carbocycles. The zero-order chi connectivity index (χ0) is 17.8. The largest absolute Gasteiger partial charge is 0.452 e. The van der Waals surface area contributed by atoms with E-state index in [4.69, 9.17) is 20.9 Å². The predicted octanol–water partition coefficient (Wildman–Crippen LogP) is 3.66. The lowest BCUT2D eigenvalue weighted by molar-refractivity contribution is -0.384. The third kappa shape index (κ3) is 3.99. The van der Waals surface area contributed by atoms with Crippen molar-refractivity contribution in [2.24, 2.45) is 0 Å². The third-order valence-electron chi connectivity index (χ3n) is 3.19. The van der Waals surface area contributed by atoms with Crippen LogP contribution < -0.4 is 0 Å². The highest BCUT2D eigenvalue weighted by atomic mass is 35.5. The van der Waals surface area contributed by atoms with E-state index in [1.165, 1.54) is 24.3 Å². The first-order valence-electron chi connectivity index (χ1n) is 7.03. The van der Waals surface area contributed by atoms with Gasteiger partial charge >= 0.3 is 5.97 Å². The topological polar surface area (TPSA) is 108 Å². The minimum Gasteiger partial charge on any atom is -0.452 e. The Morgan fingerprint density at radius 2 is 2.00 bits per heavy atom. The van der Waals surface area contributed by atoms with Crippen molar-refractivity contribution in [2.75, 3.05) is 0 Å². The van der Waals surface area contributed by atoms with Gasteiger partial charge in [0.15, 0.2) is 6.61 Å². The van der Waals surface area contributed by atoms with Crippen LogP contribution in [0, 0.1) is 10.1 Å². The van der Waals surface area contributed by atoms with Gasteiger partial charge in [0.25, 0.3) is 11.6 Å². The highest BCUT2D eigenvalue weighted by Gasteiger charge is 2.14. The van der Waals surface area contributed by atoms with E-state index in [1.807, 2.05) is 0 Å². The molecule has 0 aliphatic heterocycles. The van der Waals surface area contributed by atoms with E-state index >= 15 is 0 Å². The summed E-state index contributed by atoms with van der Waals surface area (Å²) in [5.41, 5.74) is 0.740. The highest BCUT2D eigenvalue weighted by Crippen LogP contribution is 2.20. The van der Waals surface area contributed by atoms with Crippen LogP contribution in [0.4, 0.5) is 5.69 Å². The second-order valence-corrected chi connectivity index (χ2v) is 5.34. The maximum absolute atomic E-state index is 11.9. The van der Waals surface area contributed by atoms with Crippen LogP contribution in [0.2, 0.25) is 5.02 Å². The second-order valence-electron chi connectivity index (χ2n) is 4.90. The molecule has 2 aromatic carbocycles. The molecule has 0 radical (unpaired) electrons. The fourth-order valence-electron chi connectivity index (χ4n) is 1.99. The molecule has 1 aromatic heterocycles. The molecule has 0 fully saturated rings. The molecule has 9 heteroatoms. The van der Waals surface area contributed by atoms with Gasteiger partial charge in [-0.15, -0.1) is 0 Å². The van der Waals surface area contributed by atoms with Crippen molar-refractivity contribution in [2.45, 2.75) is 6.61 Å². The summed E-state index contributed by atoms with van der Waals surface area (Å²) in [5.74, 6) is -0.216. The number of benzene rings is 2. The monoisotopic (exact) mass is 359 g/mol. The molecule has 0 bridgehead atoms. The minimum absolute atomic E-state index is 0.111. The van der Waals surface area contributed by atoms with Crippen molar-refractivity contribution in [3.8, 4) is 11.4 Å². The molecule has 3 rings (SSSR count). The number of ether oxygens (including phenoxy) is 1. The average Bonchev–Trinajstić information content (AvgIpc) is 3.09. The van der Waals surface area contributed by atoms with Crippen LogP contribution in [0.5, 0.6) is 0 Å². The van der Waals surface area contributed by atoms with Crippen LogP contribution >= 0.6 is 11.6 Å². The molecule has 1 heterocycles. The van der Waals surface area contributed by atoms with Gasteiger partial charge in [0, 0.05) is 22.7 Å². The van der Waals surface area contributed by atoms with Crippen molar-refractivity contribution >= 4 is 23.3 Å². The lowest BCUT2D eigenvalue weighted by Crippen LogP contribution is -2.05. The van der Waals surface area contributed by atoms with E-state index in [2.05, 4.69) is 10.1 Å². The molecular weight excluding hydrogens is 350 g/mol. The van der Waals surface area contributed by atoms with Crippen LogP contribution in [0.1, 0.15) is 16.2 Å². The van der Waals surface area contributed by atoms with E-state index in [-0.39, 0.29) is 23.7 Å². The zero-order valence-electron chi connectivity index (χ0n) is 12.6. The second kappa shape index (κ2) is 7.10. The van der Waals surface area contributed by atoms with E-state index in [9.17, 15) is 14.9 Å². The molecule has 8 nitrogen and oxygen atoms in total. The van der Waals surface area contributed by atoms with Crippen LogP contribution in [-0.4, -0.2) is 21.0 Å². The molecule has 25 heavy (non-hydrogen) atoms. The maximum Gasteiger partial charge on any atom is 0.338 e. The van der Waals surface area contributed by atoms with Gasteiger partial charge in [-0.3, -0.25) is 10.1 Å². The first-order valence-corrected chi connectivity index (χ1v) is 7.41. The quantitative estimate of drug-likeness (QED) is 0.388. The third-order valence-corrected chi connectivity index (χ3v) is 3.43. The summed E-state index contributed by atoms with van der Waals surface area (Å²) < 4.78 is 10.1. The number of rotatable bonds is 5. The number of carbonyl (C=O) groups excluding carboxylic acids is 1. The fourth-order valence-corrected chi connectivity index (χ4v) is 2.18. The average molecular weight is 360 g/mol. The van der Waals surface area contributed by atoms with E-state index < -0.39 is 10.9 Å². The molecule has 0 atom stereocenters. The molecule has 0 unspecified atom stereocenters. The molecule has 0 N–H and O–H groups in total. The molecule has 0 amide bonds. The Morgan fingerprint density at radius 1 is 1.24 bits per heavy atom. The standard InChI is InChI=1S/C16H10ClN3O5/c17-12-3-1-2-11(8-12)15-18-14(25-19-15)9-24-16(21)10-4-6-13(7-5-10)20(22)23/h1-8H,9H2. The number of hydrogen-bond acceptors (Lipinski definition) is 7. The van der Waals surface area contributed by atoms with Crippen LogP contribution in [0.3, 0.4) is 0 Å². The van der Waals surface area contributed by atoms with Gasteiger partial charge in [-0.25, -0.2) is 4.79 Å². The molecule has 0 saturated heterocycles. The van der Waals surface area contributed by atoms with Crippen molar-refractivity contribution in [3.05, 3.63) is 75.1 Å². The first-order chi connectivity index (χ1) is 12.0. The van der Waals surface area contributed by atoms with Crippen molar-refractivity contribution < 1.29 is 19.0 Å². The van der Waals surface area contributed by atoms with E-state index in [0.29, 0.717) is 16.4 Å². The summed E-state index contributed by atoms with van der Waals surface area (Å²) in [6.07, 6.45) is 0. The Balaban J connectivity index is 1.64. The van der Waals surface area contributed by atoms with Gasteiger partial charge in [-0.2, -0.15) is 4.98 Å². The smallest absolute Gasteiger partial charge is 0.338 e. The first kappa shape index (κ1) is 16.6. The molecule has 0 saturated carbocycles. The summed E-state index contributed by atoms with van der Waals surface area (Å²) >= 11 is 5.91. The van der Waals surface area contributed by atoms with Gasteiger partial charge in [0.2, 0.25) is 5.82 Å².